The number of anilines is 1. The molecule has 2 aromatic heterocycles. The Kier molecular flexibility index (Phi) is 5.47. The lowest BCUT2D eigenvalue weighted by Crippen LogP contribution is -2.46. The minimum atomic E-state index is -0.800. The Morgan fingerprint density at radius 1 is 1.39 bits per heavy atom. The molecule has 1 saturated heterocycles. The Labute approximate surface area is 162 Å². The van der Waals surface area contributed by atoms with Crippen LogP contribution in [0.2, 0.25) is 0 Å². The third-order valence-electron chi connectivity index (χ3n) is 4.60. The van der Waals surface area contributed by atoms with E-state index in [1.54, 1.807) is 18.3 Å². The summed E-state index contributed by atoms with van der Waals surface area (Å²) < 4.78 is 11.9. The summed E-state index contributed by atoms with van der Waals surface area (Å²) in [6, 6.07) is 5.43. The molecular weight excluding hydrogens is 360 g/mol. The number of fused-ring (bicyclic) bond motifs is 1. The summed E-state index contributed by atoms with van der Waals surface area (Å²) >= 11 is 0. The third kappa shape index (κ3) is 3.62. The number of rotatable bonds is 3. The molecule has 2 atom stereocenters. The molecule has 0 aliphatic carbocycles. The number of methoxy groups -OCH3 is 1. The van der Waals surface area contributed by atoms with E-state index in [9.17, 15) is 14.9 Å². The molecule has 0 bridgehead atoms. The zero-order chi connectivity index (χ0) is 20.4. The van der Waals surface area contributed by atoms with Gasteiger partial charge < -0.3 is 14.4 Å². The van der Waals surface area contributed by atoms with Crippen LogP contribution in [-0.2, 0) is 14.3 Å². The number of morpholine rings is 1. The molecule has 146 valence electrons. The Morgan fingerprint density at radius 3 is 2.68 bits per heavy atom. The summed E-state index contributed by atoms with van der Waals surface area (Å²) in [6.45, 7) is 6.86. The van der Waals surface area contributed by atoms with E-state index in [0.717, 1.165) is 5.56 Å². The minimum absolute atomic E-state index is 0.0475. The summed E-state index contributed by atoms with van der Waals surface area (Å²) in [4.78, 5) is 31.8. The van der Waals surface area contributed by atoms with Crippen molar-refractivity contribution >= 4 is 23.5 Å². The van der Waals surface area contributed by atoms with Gasteiger partial charge in [-0.15, -0.1) is 0 Å². The first-order chi connectivity index (χ1) is 13.3. The van der Waals surface area contributed by atoms with Crippen molar-refractivity contribution in [3.8, 4) is 6.07 Å². The lowest BCUT2D eigenvalue weighted by atomic mass is 10.1. The monoisotopic (exact) mass is 382 g/mol. The van der Waals surface area contributed by atoms with E-state index in [1.165, 1.54) is 17.6 Å². The van der Waals surface area contributed by atoms with Gasteiger partial charge in [0.2, 0.25) is 0 Å². The molecule has 1 aliphatic heterocycles. The van der Waals surface area contributed by atoms with E-state index in [1.807, 2.05) is 31.7 Å². The summed E-state index contributed by atoms with van der Waals surface area (Å²) in [7, 11) is 1.19. The number of esters is 1. The van der Waals surface area contributed by atoms with Gasteiger partial charge >= 0.3 is 5.97 Å². The zero-order valence-corrected chi connectivity index (χ0v) is 16.3. The van der Waals surface area contributed by atoms with E-state index in [0.29, 0.717) is 24.6 Å². The number of hydrogen-bond acceptors (Lipinski definition) is 7. The van der Waals surface area contributed by atoms with E-state index >= 15 is 0 Å². The summed E-state index contributed by atoms with van der Waals surface area (Å²) in [5.41, 5.74) is 0.936. The first-order valence-electron chi connectivity index (χ1n) is 8.98. The van der Waals surface area contributed by atoms with Gasteiger partial charge in [0.15, 0.2) is 0 Å². The maximum Gasteiger partial charge on any atom is 0.348 e. The summed E-state index contributed by atoms with van der Waals surface area (Å²) in [5.74, 6) is -0.371. The van der Waals surface area contributed by atoms with E-state index in [2.05, 4.69) is 4.74 Å². The van der Waals surface area contributed by atoms with Crippen LogP contribution >= 0.6 is 0 Å². The standard InChI is InChI=1S/C20H22N4O4/c1-12-6-5-7-24-17(12)22-18(23-10-13(2)28-14(3)11-23)16(19(24)25)8-15(9-21)20(26)27-4/h5-8,13-14H,10-11H2,1-4H3/b15-8+/t13-,14-/m0/s1. The second-order valence-electron chi connectivity index (χ2n) is 6.86. The van der Waals surface area contributed by atoms with Crippen molar-refractivity contribution in [2.24, 2.45) is 0 Å². The molecule has 0 N–H and O–H groups in total. The molecule has 0 unspecified atom stereocenters. The minimum Gasteiger partial charge on any atom is -0.465 e. The Morgan fingerprint density at radius 2 is 2.07 bits per heavy atom. The third-order valence-corrected chi connectivity index (χ3v) is 4.60. The number of ether oxygens (including phenoxy) is 2. The summed E-state index contributed by atoms with van der Waals surface area (Å²) in [5, 5.41) is 9.34. The number of pyridine rings is 1. The smallest absolute Gasteiger partial charge is 0.348 e. The Bertz CT molecular complexity index is 1040. The van der Waals surface area contributed by atoms with Gasteiger partial charge in [-0.05, 0) is 38.5 Å². The van der Waals surface area contributed by atoms with Crippen LogP contribution in [-0.4, -0.2) is 47.8 Å². The predicted molar refractivity (Wildman–Crippen MR) is 104 cm³/mol. The molecule has 3 rings (SSSR count). The van der Waals surface area contributed by atoms with Gasteiger partial charge in [-0.1, -0.05) is 6.07 Å². The van der Waals surface area contributed by atoms with Crippen LogP contribution in [0.15, 0.2) is 28.7 Å². The van der Waals surface area contributed by atoms with Crippen molar-refractivity contribution in [2.45, 2.75) is 33.0 Å². The number of aryl methyl sites for hydroxylation is 1. The highest BCUT2D eigenvalue weighted by atomic mass is 16.5. The quantitative estimate of drug-likeness (QED) is 0.453. The highest BCUT2D eigenvalue weighted by Gasteiger charge is 2.27. The van der Waals surface area contributed by atoms with Crippen molar-refractivity contribution in [3.63, 3.8) is 0 Å². The fraction of sp³-hybridized carbons (Fsp3) is 0.400. The Balaban J connectivity index is 2.30. The zero-order valence-electron chi connectivity index (χ0n) is 16.3. The van der Waals surface area contributed by atoms with Crippen LogP contribution in [0.1, 0.15) is 25.0 Å². The highest BCUT2D eigenvalue weighted by molar-refractivity contribution is 5.98. The SMILES string of the molecule is COC(=O)/C(C#N)=C/c1c(N2C[C@H](C)O[C@@H](C)C2)nc2c(C)cccn2c1=O. The molecule has 3 heterocycles. The van der Waals surface area contributed by atoms with Gasteiger partial charge in [0.25, 0.3) is 5.56 Å². The van der Waals surface area contributed by atoms with Gasteiger partial charge in [-0.3, -0.25) is 9.20 Å². The van der Waals surface area contributed by atoms with Crippen molar-refractivity contribution in [1.29, 1.82) is 5.26 Å². The van der Waals surface area contributed by atoms with Crippen molar-refractivity contribution in [1.82, 2.24) is 9.38 Å². The van der Waals surface area contributed by atoms with Crippen LogP contribution in [0.25, 0.3) is 11.7 Å². The van der Waals surface area contributed by atoms with Crippen molar-refractivity contribution in [2.75, 3.05) is 25.1 Å². The average Bonchev–Trinajstić information content (AvgIpc) is 2.66. The first-order valence-corrected chi connectivity index (χ1v) is 8.98. The molecule has 1 aliphatic rings. The number of nitriles is 1. The van der Waals surface area contributed by atoms with Crippen LogP contribution in [0.3, 0.4) is 0 Å². The van der Waals surface area contributed by atoms with Crippen molar-refractivity contribution in [3.05, 3.63) is 45.4 Å². The maximum atomic E-state index is 13.2. The largest absolute Gasteiger partial charge is 0.465 e. The van der Waals surface area contributed by atoms with Crippen LogP contribution in [0.5, 0.6) is 0 Å². The number of aromatic nitrogens is 2. The Hall–Kier alpha value is -3.18. The molecule has 0 aromatic carbocycles. The van der Waals surface area contributed by atoms with Gasteiger partial charge in [-0.25, -0.2) is 9.78 Å². The maximum absolute atomic E-state index is 13.2. The van der Waals surface area contributed by atoms with Crippen LogP contribution in [0, 0.1) is 18.3 Å². The van der Waals surface area contributed by atoms with Crippen LogP contribution in [0.4, 0.5) is 5.82 Å². The molecule has 28 heavy (non-hydrogen) atoms. The number of carbonyl (C=O) groups excluding carboxylic acids is 1. The van der Waals surface area contributed by atoms with Gasteiger partial charge in [0, 0.05) is 19.3 Å². The highest BCUT2D eigenvalue weighted by Crippen LogP contribution is 2.24. The van der Waals surface area contributed by atoms with Crippen LogP contribution < -0.4 is 10.5 Å². The van der Waals surface area contributed by atoms with E-state index < -0.39 is 5.97 Å². The predicted octanol–water partition coefficient (Wildman–Crippen LogP) is 1.70. The van der Waals surface area contributed by atoms with Gasteiger partial charge in [-0.2, -0.15) is 5.26 Å². The molecular formula is C20H22N4O4. The van der Waals surface area contributed by atoms with E-state index in [4.69, 9.17) is 9.72 Å². The molecule has 0 amide bonds. The molecule has 2 aromatic rings. The first kappa shape index (κ1) is 19.6. The lowest BCUT2D eigenvalue weighted by molar-refractivity contribution is -0.135. The van der Waals surface area contributed by atoms with Gasteiger partial charge in [0.1, 0.15) is 23.1 Å². The normalized spacial score (nSPS) is 20.1. The van der Waals surface area contributed by atoms with Crippen molar-refractivity contribution < 1.29 is 14.3 Å². The molecule has 8 nitrogen and oxygen atoms in total. The lowest BCUT2D eigenvalue weighted by Gasteiger charge is -2.36. The number of nitrogens with zero attached hydrogens (tertiary/aromatic N) is 4. The summed E-state index contributed by atoms with van der Waals surface area (Å²) in [6.07, 6.45) is 2.78. The number of carbonyl (C=O) groups is 1. The fourth-order valence-corrected chi connectivity index (χ4v) is 3.41. The molecule has 0 radical (unpaired) electrons. The van der Waals surface area contributed by atoms with E-state index in [-0.39, 0.29) is 28.9 Å². The number of hydrogen-bond donors (Lipinski definition) is 0. The molecule has 1 fully saturated rings. The molecule has 0 saturated carbocycles. The molecule has 8 heteroatoms. The average molecular weight is 382 g/mol. The second kappa shape index (κ2) is 7.82. The molecule has 0 spiro atoms. The topological polar surface area (TPSA) is 96.9 Å². The second-order valence-corrected chi connectivity index (χ2v) is 6.86. The van der Waals surface area contributed by atoms with Gasteiger partial charge in [0.05, 0.1) is 24.9 Å². The fourth-order valence-electron chi connectivity index (χ4n) is 3.41.